The summed E-state index contributed by atoms with van der Waals surface area (Å²) in [5.74, 6) is -1.53. The summed E-state index contributed by atoms with van der Waals surface area (Å²) in [6.45, 7) is 1.98. The quantitative estimate of drug-likeness (QED) is 0.733. The van der Waals surface area contributed by atoms with Gasteiger partial charge in [0.05, 0.1) is 12.1 Å². The molecule has 3 nitrogen and oxygen atoms in total. The Bertz CT molecular complexity index is 855. The third-order valence-electron chi connectivity index (χ3n) is 3.37. The van der Waals surface area contributed by atoms with Crippen LogP contribution in [0.3, 0.4) is 0 Å². The largest absolute Gasteiger partial charge is 0.461 e. The monoisotopic (exact) mass is 301 g/mol. The fourth-order valence-electron chi connectivity index (χ4n) is 2.40. The number of hydrogen-bond donors (Lipinski definition) is 1. The standard InChI is InChI=1S/C17H13F2NO2/c1-2-22-17(21)15-8-10-4-3-5-12(16(10)20-15)13-9-11(18)6-7-14(13)19/h3-9,20H,2H2,1H3. The first-order valence-corrected chi connectivity index (χ1v) is 6.84. The van der Waals surface area contributed by atoms with Crippen molar-refractivity contribution >= 4 is 16.9 Å². The second-order valence-electron chi connectivity index (χ2n) is 4.80. The molecule has 0 atom stereocenters. The fourth-order valence-corrected chi connectivity index (χ4v) is 2.40. The van der Waals surface area contributed by atoms with Crippen molar-refractivity contribution in [1.29, 1.82) is 0 Å². The minimum absolute atomic E-state index is 0.142. The molecule has 5 heteroatoms. The van der Waals surface area contributed by atoms with Crippen molar-refractivity contribution in [3.05, 3.63) is 59.8 Å². The van der Waals surface area contributed by atoms with Gasteiger partial charge in [-0.25, -0.2) is 13.6 Å². The predicted octanol–water partition coefficient (Wildman–Crippen LogP) is 4.29. The molecule has 3 rings (SSSR count). The number of aromatic nitrogens is 1. The molecular weight excluding hydrogens is 288 g/mol. The first-order valence-electron chi connectivity index (χ1n) is 6.84. The van der Waals surface area contributed by atoms with E-state index in [-0.39, 0.29) is 17.9 Å². The van der Waals surface area contributed by atoms with Crippen LogP contribution in [0.5, 0.6) is 0 Å². The summed E-state index contributed by atoms with van der Waals surface area (Å²) in [4.78, 5) is 14.7. The zero-order valence-electron chi connectivity index (χ0n) is 11.8. The number of carbonyl (C=O) groups excluding carboxylic acids is 1. The summed E-state index contributed by atoms with van der Waals surface area (Å²) >= 11 is 0. The average Bonchev–Trinajstić information content (AvgIpc) is 2.94. The number of fused-ring (bicyclic) bond motifs is 1. The van der Waals surface area contributed by atoms with Crippen molar-refractivity contribution in [2.75, 3.05) is 6.61 Å². The van der Waals surface area contributed by atoms with Gasteiger partial charge in [0.15, 0.2) is 0 Å². The number of nitrogens with one attached hydrogen (secondary N) is 1. The second kappa shape index (κ2) is 5.60. The maximum absolute atomic E-state index is 14.0. The summed E-state index contributed by atoms with van der Waals surface area (Å²) in [6, 6.07) is 10.1. The van der Waals surface area contributed by atoms with Crippen LogP contribution in [0.1, 0.15) is 17.4 Å². The average molecular weight is 301 g/mol. The minimum Gasteiger partial charge on any atom is -0.461 e. The van der Waals surface area contributed by atoms with E-state index in [0.717, 1.165) is 23.6 Å². The van der Waals surface area contributed by atoms with Crippen LogP contribution in [0, 0.1) is 11.6 Å². The molecule has 112 valence electrons. The van der Waals surface area contributed by atoms with E-state index >= 15 is 0 Å². The van der Waals surface area contributed by atoms with Crippen LogP contribution in [-0.2, 0) is 4.74 Å². The van der Waals surface area contributed by atoms with E-state index in [2.05, 4.69) is 4.98 Å². The Labute approximate surface area is 125 Å². The van der Waals surface area contributed by atoms with Gasteiger partial charge in [-0.15, -0.1) is 0 Å². The van der Waals surface area contributed by atoms with Crippen molar-refractivity contribution in [2.45, 2.75) is 6.92 Å². The SMILES string of the molecule is CCOC(=O)c1cc2cccc(-c3cc(F)ccc3F)c2[nH]1. The van der Waals surface area contributed by atoms with Crippen LogP contribution in [-0.4, -0.2) is 17.6 Å². The van der Waals surface area contributed by atoms with Gasteiger partial charge >= 0.3 is 5.97 Å². The molecule has 0 aliphatic carbocycles. The molecule has 1 N–H and O–H groups in total. The van der Waals surface area contributed by atoms with Crippen molar-refractivity contribution in [1.82, 2.24) is 4.98 Å². The summed E-state index contributed by atoms with van der Waals surface area (Å²) in [6.07, 6.45) is 0. The molecule has 3 aromatic rings. The van der Waals surface area contributed by atoms with Gasteiger partial charge in [0.1, 0.15) is 17.3 Å². The number of rotatable bonds is 3. The van der Waals surface area contributed by atoms with E-state index in [0.29, 0.717) is 11.1 Å². The smallest absolute Gasteiger partial charge is 0.354 e. The van der Waals surface area contributed by atoms with E-state index in [9.17, 15) is 13.6 Å². The van der Waals surface area contributed by atoms with Gasteiger partial charge in [0.2, 0.25) is 0 Å². The van der Waals surface area contributed by atoms with Crippen LogP contribution in [0.4, 0.5) is 8.78 Å². The Morgan fingerprint density at radius 2 is 1.95 bits per heavy atom. The van der Waals surface area contributed by atoms with Gasteiger partial charge < -0.3 is 9.72 Å². The Hall–Kier alpha value is -2.69. The molecule has 2 aromatic carbocycles. The van der Waals surface area contributed by atoms with E-state index in [1.165, 1.54) is 0 Å². The Morgan fingerprint density at radius 3 is 2.73 bits per heavy atom. The van der Waals surface area contributed by atoms with E-state index in [1.807, 2.05) is 0 Å². The summed E-state index contributed by atoms with van der Waals surface area (Å²) in [5.41, 5.74) is 1.48. The van der Waals surface area contributed by atoms with Gasteiger partial charge in [0.25, 0.3) is 0 Å². The van der Waals surface area contributed by atoms with Gasteiger partial charge in [-0.2, -0.15) is 0 Å². The lowest BCUT2D eigenvalue weighted by Crippen LogP contribution is -2.04. The highest BCUT2D eigenvalue weighted by Crippen LogP contribution is 2.31. The molecule has 22 heavy (non-hydrogen) atoms. The minimum atomic E-state index is -0.527. The van der Waals surface area contributed by atoms with Crippen molar-refractivity contribution in [2.24, 2.45) is 0 Å². The molecule has 0 unspecified atom stereocenters. The molecule has 1 aromatic heterocycles. The molecule has 0 radical (unpaired) electrons. The fraction of sp³-hybridized carbons (Fsp3) is 0.118. The lowest BCUT2D eigenvalue weighted by molar-refractivity contribution is 0.0520. The number of esters is 1. The maximum atomic E-state index is 14.0. The molecule has 0 spiro atoms. The number of carbonyl (C=O) groups is 1. The lowest BCUT2D eigenvalue weighted by Gasteiger charge is -2.05. The zero-order valence-corrected chi connectivity index (χ0v) is 11.8. The van der Waals surface area contributed by atoms with Crippen LogP contribution in [0.15, 0.2) is 42.5 Å². The maximum Gasteiger partial charge on any atom is 0.354 e. The van der Waals surface area contributed by atoms with Crippen LogP contribution in [0.2, 0.25) is 0 Å². The molecule has 1 heterocycles. The normalized spacial score (nSPS) is 10.9. The van der Waals surface area contributed by atoms with Crippen LogP contribution < -0.4 is 0 Å². The third-order valence-corrected chi connectivity index (χ3v) is 3.37. The molecule has 0 saturated carbocycles. The van der Waals surface area contributed by atoms with Crippen molar-refractivity contribution in [3.63, 3.8) is 0 Å². The van der Waals surface area contributed by atoms with E-state index < -0.39 is 17.6 Å². The third kappa shape index (κ3) is 2.45. The summed E-state index contributed by atoms with van der Waals surface area (Å²) in [7, 11) is 0. The lowest BCUT2D eigenvalue weighted by atomic mass is 10.0. The molecule has 0 aliphatic heterocycles. The van der Waals surface area contributed by atoms with Gasteiger partial charge in [-0.1, -0.05) is 18.2 Å². The Balaban J connectivity index is 2.18. The summed E-state index contributed by atoms with van der Waals surface area (Å²) < 4.78 is 32.4. The first kappa shape index (κ1) is 14.3. The van der Waals surface area contributed by atoms with Crippen LogP contribution in [0.25, 0.3) is 22.0 Å². The van der Waals surface area contributed by atoms with E-state index in [1.54, 1.807) is 31.2 Å². The number of aromatic amines is 1. The number of para-hydroxylation sites is 1. The Kier molecular flexibility index (Phi) is 3.63. The highest BCUT2D eigenvalue weighted by Gasteiger charge is 2.15. The van der Waals surface area contributed by atoms with Gasteiger partial charge in [0, 0.05) is 16.5 Å². The number of hydrogen-bond acceptors (Lipinski definition) is 2. The molecule has 0 amide bonds. The molecule has 0 fully saturated rings. The number of H-pyrrole nitrogens is 1. The van der Waals surface area contributed by atoms with Crippen molar-refractivity contribution in [3.8, 4) is 11.1 Å². The molecule has 0 aliphatic rings. The first-order chi connectivity index (χ1) is 10.6. The highest BCUT2D eigenvalue weighted by molar-refractivity contribution is 6.00. The molecule has 0 saturated heterocycles. The van der Waals surface area contributed by atoms with Crippen LogP contribution >= 0.6 is 0 Å². The van der Waals surface area contributed by atoms with Gasteiger partial charge in [-0.3, -0.25) is 0 Å². The number of ether oxygens (including phenoxy) is 1. The predicted molar refractivity (Wildman–Crippen MR) is 79.6 cm³/mol. The highest BCUT2D eigenvalue weighted by atomic mass is 19.1. The summed E-state index contributed by atoms with van der Waals surface area (Å²) in [5, 5.41) is 0.726. The molecule has 0 bridgehead atoms. The molecular formula is C17H13F2NO2. The second-order valence-corrected chi connectivity index (χ2v) is 4.80. The Morgan fingerprint density at radius 1 is 1.14 bits per heavy atom. The zero-order chi connectivity index (χ0) is 15.7. The number of halogens is 2. The van der Waals surface area contributed by atoms with E-state index in [4.69, 9.17) is 4.74 Å². The van der Waals surface area contributed by atoms with Gasteiger partial charge in [-0.05, 0) is 31.2 Å². The number of benzene rings is 2. The van der Waals surface area contributed by atoms with Crippen molar-refractivity contribution < 1.29 is 18.3 Å². The topological polar surface area (TPSA) is 42.1 Å².